The number of pyridine rings is 1. The van der Waals surface area contributed by atoms with Crippen LogP contribution in [0.2, 0.25) is 0 Å². The highest BCUT2D eigenvalue weighted by molar-refractivity contribution is 9.10. The second-order valence-electron chi connectivity index (χ2n) is 6.96. The SMILES string of the molecule is O=c1[nH]c2cc(Br)cnc2nc1C=C(O)c1ccc(C2CCCCC2)cc1. The van der Waals surface area contributed by atoms with Crippen molar-refractivity contribution in [1.29, 1.82) is 0 Å². The molecule has 0 atom stereocenters. The molecule has 0 bridgehead atoms. The van der Waals surface area contributed by atoms with Gasteiger partial charge in [0.25, 0.3) is 5.56 Å². The summed E-state index contributed by atoms with van der Waals surface area (Å²) in [6.07, 6.45) is 9.39. The molecule has 1 aliphatic rings. The van der Waals surface area contributed by atoms with E-state index in [1.54, 1.807) is 12.3 Å². The molecule has 0 spiro atoms. The van der Waals surface area contributed by atoms with Gasteiger partial charge < -0.3 is 10.1 Å². The van der Waals surface area contributed by atoms with Crippen LogP contribution in [0.15, 0.2) is 45.8 Å². The number of aliphatic hydroxyl groups is 1. The van der Waals surface area contributed by atoms with E-state index in [1.807, 2.05) is 12.1 Å². The lowest BCUT2D eigenvalue weighted by Gasteiger charge is -2.22. The number of nitrogens with zero attached hydrogens (tertiary/aromatic N) is 2. The minimum atomic E-state index is -0.368. The maximum absolute atomic E-state index is 12.3. The molecule has 1 aromatic carbocycles. The summed E-state index contributed by atoms with van der Waals surface area (Å²) in [5, 5.41) is 10.5. The van der Waals surface area contributed by atoms with Gasteiger partial charge in [0.2, 0.25) is 0 Å². The van der Waals surface area contributed by atoms with E-state index in [0.717, 1.165) is 4.47 Å². The molecular formula is C21H20BrN3O2. The number of H-pyrrole nitrogens is 1. The largest absolute Gasteiger partial charge is 0.507 e. The number of aliphatic hydroxyl groups excluding tert-OH is 1. The normalized spacial score (nSPS) is 16.0. The summed E-state index contributed by atoms with van der Waals surface area (Å²) in [7, 11) is 0. The Morgan fingerprint density at radius 1 is 1.19 bits per heavy atom. The van der Waals surface area contributed by atoms with Crippen molar-refractivity contribution in [3.05, 3.63) is 68.2 Å². The Kier molecular flexibility index (Phi) is 5.07. The summed E-state index contributed by atoms with van der Waals surface area (Å²) in [4.78, 5) is 23.4. The van der Waals surface area contributed by atoms with E-state index in [-0.39, 0.29) is 17.0 Å². The molecular weight excluding hydrogens is 406 g/mol. The third kappa shape index (κ3) is 3.95. The molecule has 4 rings (SSSR count). The van der Waals surface area contributed by atoms with Crippen molar-refractivity contribution < 1.29 is 5.11 Å². The average molecular weight is 426 g/mol. The molecule has 2 aromatic heterocycles. The molecule has 6 heteroatoms. The van der Waals surface area contributed by atoms with Crippen LogP contribution in [0.1, 0.15) is 54.8 Å². The summed E-state index contributed by atoms with van der Waals surface area (Å²) in [6.45, 7) is 0. The number of hydrogen-bond acceptors (Lipinski definition) is 4. The van der Waals surface area contributed by atoms with Gasteiger partial charge in [0, 0.05) is 22.3 Å². The van der Waals surface area contributed by atoms with Crippen molar-refractivity contribution in [3.63, 3.8) is 0 Å². The van der Waals surface area contributed by atoms with E-state index in [1.165, 1.54) is 43.7 Å². The molecule has 0 unspecified atom stereocenters. The van der Waals surface area contributed by atoms with Gasteiger partial charge in [-0.3, -0.25) is 4.79 Å². The van der Waals surface area contributed by atoms with E-state index in [4.69, 9.17) is 0 Å². The molecule has 5 nitrogen and oxygen atoms in total. The molecule has 0 saturated heterocycles. The number of fused-ring (bicyclic) bond motifs is 1. The minimum Gasteiger partial charge on any atom is -0.507 e. The van der Waals surface area contributed by atoms with Crippen molar-refractivity contribution in [1.82, 2.24) is 15.0 Å². The van der Waals surface area contributed by atoms with Crippen molar-refractivity contribution in [2.75, 3.05) is 0 Å². The Labute approximate surface area is 165 Å². The maximum atomic E-state index is 12.3. The summed E-state index contributed by atoms with van der Waals surface area (Å²) < 4.78 is 0.761. The van der Waals surface area contributed by atoms with Crippen molar-refractivity contribution in [3.8, 4) is 0 Å². The summed E-state index contributed by atoms with van der Waals surface area (Å²) in [5.41, 5.74) is 2.72. The number of halogens is 1. The Hall–Kier alpha value is -2.47. The van der Waals surface area contributed by atoms with E-state index in [9.17, 15) is 9.90 Å². The molecule has 138 valence electrons. The first kappa shape index (κ1) is 17.9. The number of aromatic nitrogens is 3. The summed E-state index contributed by atoms with van der Waals surface area (Å²) in [6, 6.07) is 9.70. The van der Waals surface area contributed by atoms with Gasteiger partial charge >= 0.3 is 0 Å². The fourth-order valence-corrected chi connectivity index (χ4v) is 3.97. The highest BCUT2D eigenvalue weighted by atomic mass is 79.9. The summed E-state index contributed by atoms with van der Waals surface area (Å²) >= 11 is 3.32. The lowest BCUT2D eigenvalue weighted by molar-refractivity contribution is 0.443. The predicted octanol–water partition coefficient (Wildman–Crippen LogP) is 5.18. The molecule has 1 fully saturated rings. The van der Waals surface area contributed by atoms with Gasteiger partial charge in [0.15, 0.2) is 5.65 Å². The molecule has 3 aromatic rings. The van der Waals surface area contributed by atoms with Crippen LogP contribution in [0.4, 0.5) is 0 Å². The Morgan fingerprint density at radius 2 is 1.93 bits per heavy atom. The molecule has 0 amide bonds. The molecule has 1 aliphatic carbocycles. The monoisotopic (exact) mass is 425 g/mol. The average Bonchev–Trinajstić information content (AvgIpc) is 2.69. The summed E-state index contributed by atoms with van der Waals surface area (Å²) in [5.74, 6) is 0.633. The zero-order valence-corrected chi connectivity index (χ0v) is 16.4. The predicted molar refractivity (Wildman–Crippen MR) is 111 cm³/mol. The first-order valence-electron chi connectivity index (χ1n) is 9.17. The van der Waals surface area contributed by atoms with Crippen LogP contribution in [0.5, 0.6) is 0 Å². The first-order valence-corrected chi connectivity index (χ1v) is 9.96. The fraction of sp³-hybridized carbons (Fsp3) is 0.286. The second-order valence-corrected chi connectivity index (χ2v) is 7.88. The Balaban J connectivity index is 1.62. The van der Waals surface area contributed by atoms with E-state index in [2.05, 4.69) is 43.0 Å². The molecule has 1 saturated carbocycles. The molecule has 0 radical (unpaired) electrons. The first-order chi connectivity index (χ1) is 13.1. The Bertz CT molecular complexity index is 1050. The van der Waals surface area contributed by atoms with Crippen LogP contribution in [-0.4, -0.2) is 20.1 Å². The third-order valence-electron chi connectivity index (χ3n) is 5.10. The zero-order valence-electron chi connectivity index (χ0n) is 14.8. The lowest BCUT2D eigenvalue weighted by atomic mass is 9.84. The van der Waals surface area contributed by atoms with Gasteiger partial charge in [0.05, 0.1) is 5.52 Å². The van der Waals surface area contributed by atoms with Crippen molar-refractivity contribution in [2.45, 2.75) is 38.0 Å². The highest BCUT2D eigenvalue weighted by Gasteiger charge is 2.15. The van der Waals surface area contributed by atoms with Gasteiger partial charge in [-0.05, 0) is 46.3 Å². The van der Waals surface area contributed by atoms with Crippen LogP contribution in [0, 0.1) is 0 Å². The van der Waals surface area contributed by atoms with E-state index < -0.39 is 0 Å². The third-order valence-corrected chi connectivity index (χ3v) is 5.53. The van der Waals surface area contributed by atoms with Crippen LogP contribution < -0.4 is 5.56 Å². The molecule has 0 aliphatic heterocycles. The standard InChI is InChI=1S/C21H20BrN3O2/c22-16-10-17-20(23-12-16)24-18(21(27)25-17)11-19(26)15-8-6-14(7-9-15)13-4-2-1-3-5-13/h6-13,26H,1-5H2,(H,25,27). The van der Waals surface area contributed by atoms with Gasteiger partial charge in [-0.1, -0.05) is 43.5 Å². The number of hydrogen-bond donors (Lipinski definition) is 2. The molecule has 2 N–H and O–H groups in total. The Morgan fingerprint density at radius 3 is 2.67 bits per heavy atom. The number of nitrogens with one attached hydrogen (secondary N) is 1. The fourth-order valence-electron chi connectivity index (χ4n) is 3.64. The van der Waals surface area contributed by atoms with Crippen LogP contribution in [-0.2, 0) is 0 Å². The van der Waals surface area contributed by atoms with Crippen molar-refractivity contribution in [2.24, 2.45) is 0 Å². The van der Waals surface area contributed by atoms with Crippen LogP contribution in [0.25, 0.3) is 23.0 Å². The minimum absolute atomic E-state index is 0.0136. The van der Waals surface area contributed by atoms with E-state index >= 15 is 0 Å². The van der Waals surface area contributed by atoms with Crippen LogP contribution in [0.3, 0.4) is 0 Å². The van der Waals surface area contributed by atoms with Crippen LogP contribution >= 0.6 is 15.9 Å². The topological polar surface area (TPSA) is 78.9 Å². The smallest absolute Gasteiger partial charge is 0.274 e. The van der Waals surface area contributed by atoms with Crippen molar-refractivity contribution >= 4 is 38.9 Å². The van der Waals surface area contributed by atoms with Gasteiger partial charge in [-0.15, -0.1) is 0 Å². The highest BCUT2D eigenvalue weighted by Crippen LogP contribution is 2.33. The van der Waals surface area contributed by atoms with Gasteiger partial charge in [-0.25, -0.2) is 9.97 Å². The molecule has 2 heterocycles. The molecule has 27 heavy (non-hydrogen) atoms. The number of aromatic amines is 1. The lowest BCUT2D eigenvalue weighted by Crippen LogP contribution is -2.12. The quantitative estimate of drug-likeness (QED) is 0.566. The number of rotatable bonds is 3. The number of benzene rings is 1. The van der Waals surface area contributed by atoms with E-state index in [0.29, 0.717) is 22.6 Å². The van der Waals surface area contributed by atoms with Gasteiger partial charge in [-0.2, -0.15) is 0 Å². The second kappa shape index (κ2) is 7.64. The zero-order chi connectivity index (χ0) is 18.8. The van der Waals surface area contributed by atoms with Gasteiger partial charge in [0.1, 0.15) is 11.5 Å². The maximum Gasteiger partial charge on any atom is 0.274 e.